The Morgan fingerprint density at radius 2 is 1.77 bits per heavy atom. The summed E-state index contributed by atoms with van der Waals surface area (Å²) in [4.78, 5) is 4.77. The van der Waals surface area contributed by atoms with Crippen LogP contribution < -0.4 is 4.90 Å². The highest BCUT2D eigenvalue weighted by Gasteiger charge is 2.72. The highest BCUT2D eigenvalue weighted by Crippen LogP contribution is 2.56. The number of halogens is 6. The minimum atomic E-state index is -5.40. The number of aromatic nitrogens is 1. The van der Waals surface area contributed by atoms with Crippen LogP contribution in [0.4, 0.5) is 32.2 Å². The van der Waals surface area contributed by atoms with Gasteiger partial charge in [0.2, 0.25) is 0 Å². The van der Waals surface area contributed by atoms with Crippen molar-refractivity contribution in [3.63, 3.8) is 0 Å². The van der Waals surface area contributed by atoms with E-state index in [1.807, 2.05) is 0 Å². The number of alkyl halides is 6. The van der Waals surface area contributed by atoms with E-state index in [4.69, 9.17) is 5.26 Å². The molecule has 3 nitrogen and oxygen atoms in total. The first-order chi connectivity index (χ1) is 10.0. The van der Waals surface area contributed by atoms with Crippen LogP contribution in [0, 0.1) is 23.7 Å². The molecular formula is C13H11F6N3. The molecule has 1 aromatic heterocycles. The Bertz CT molecular complexity index is 600. The van der Waals surface area contributed by atoms with Crippen LogP contribution in [0.2, 0.25) is 0 Å². The Kier molecular flexibility index (Phi) is 3.75. The predicted molar refractivity (Wildman–Crippen MR) is 65.1 cm³/mol. The SMILES string of the molecule is Cc1ccc(C#N)nc1N1CCC(C(F)(F)F)(C(F)(F)F)C1. The molecule has 0 spiro atoms. The fraction of sp³-hybridized carbons (Fsp3) is 0.538. The van der Waals surface area contributed by atoms with Crippen molar-refractivity contribution in [1.29, 1.82) is 5.26 Å². The molecule has 0 bridgehead atoms. The number of nitrogens with zero attached hydrogens (tertiary/aromatic N) is 3. The zero-order valence-corrected chi connectivity index (χ0v) is 11.4. The molecule has 1 aliphatic rings. The monoisotopic (exact) mass is 323 g/mol. The highest BCUT2D eigenvalue weighted by molar-refractivity contribution is 5.50. The van der Waals surface area contributed by atoms with E-state index >= 15 is 0 Å². The summed E-state index contributed by atoms with van der Waals surface area (Å²) in [5.74, 6) is -0.0191. The maximum absolute atomic E-state index is 13.0. The number of rotatable bonds is 1. The Labute approximate surface area is 122 Å². The Morgan fingerprint density at radius 3 is 2.23 bits per heavy atom. The van der Waals surface area contributed by atoms with E-state index in [0.29, 0.717) is 5.56 Å². The van der Waals surface area contributed by atoms with E-state index in [1.54, 1.807) is 6.07 Å². The van der Waals surface area contributed by atoms with Gasteiger partial charge < -0.3 is 4.90 Å². The van der Waals surface area contributed by atoms with Crippen molar-refractivity contribution in [2.24, 2.45) is 5.41 Å². The molecule has 0 atom stereocenters. The van der Waals surface area contributed by atoms with E-state index in [0.717, 1.165) is 4.90 Å². The molecule has 1 aliphatic heterocycles. The number of hydrogen-bond donors (Lipinski definition) is 0. The van der Waals surface area contributed by atoms with Crippen LogP contribution in [0.5, 0.6) is 0 Å². The second kappa shape index (κ2) is 5.04. The zero-order chi connectivity index (χ0) is 16.8. The summed E-state index contributed by atoms with van der Waals surface area (Å²) >= 11 is 0. The molecular weight excluding hydrogens is 312 g/mol. The molecule has 1 aromatic rings. The number of anilines is 1. The molecule has 0 saturated carbocycles. The first kappa shape index (κ1) is 16.4. The summed E-state index contributed by atoms with van der Waals surface area (Å²) in [5.41, 5.74) is -3.41. The maximum Gasteiger partial charge on any atom is 0.404 e. The first-order valence-electron chi connectivity index (χ1n) is 6.28. The summed E-state index contributed by atoms with van der Waals surface area (Å²) in [5, 5.41) is 8.77. The van der Waals surface area contributed by atoms with Crippen molar-refractivity contribution in [3.05, 3.63) is 23.4 Å². The summed E-state index contributed by atoms with van der Waals surface area (Å²) in [6, 6.07) is 4.52. The van der Waals surface area contributed by atoms with E-state index in [-0.39, 0.29) is 11.5 Å². The van der Waals surface area contributed by atoms with Gasteiger partial charge in [0.25, 0.3) is 0 Å². The van der Waals surface area contributed by atoms with Crippen molar-refractivity contribution in [2.75, 3.05) is 18.0 Å². The van der Waals surface area contributed by atoms with Crippen molar-refractivity contribution in [2.45, 2.75) is 25.7 Å². The second-order valence-electron chi connectivity index (χ2n) is 5.20. The summed E-state index contributed by atoms with van der Waals surface area (Å²) in [6.07, 6.45) is -11.9. The zero-order valence-electron chi connectivity index (χ0n) is 11.4. The van der Waals surface area contributed by atoms with Gasteiger partial charge in [0.1, 0.15) is 17.6 Å². The molecule has 1 saturated heterocycles. The van der Waals surface area contributed by atoms with Crippen LogP contribution in [0.25, 0.3) is 0 Å². The van der Waals surface area contributed by atoms with E-state index < -0.39 is 37.3 Å². The molecule has 1 fully saturated rings. The lowest BCUT2D eigenvalue weighted by atomic mass is 9.85. The lowest BCUT2D eigenvalue weighted by molar-refractivity contribution is -0.332. The second-order valence-corrected chi connectivity index (χ2v) is 5.20. The number of aryl methyl sites for hydroxylation is 1. The molecule has 22 heavy (non-hydrogen) atoms. The van der Waals surface area contributed by atoms with Crippen molar-refractivity contribution in [3.8, 4) is 6.07 Å². The summed E-state index contributed by atoms with van der Waals surface area (Å²) < 4.78 is 78.2. The highest BCUT2D eigenvalue weighted by atomic mass is 19.4. The smallest absolute Gasteiger partial charge is 0.355 e. The van der Waals surface area contributed by atoms with Crippen LogP contribution in [-0.4, -0.2) is 30.4 Å². The van der Waals surface area contributed by atoms with Crippen LogP contribution in [0.3, 0.4) is 0 Å². The van der Waals surface area contributed by atoms with Crippen molar-refractivity contribution >= 4 is 5.82 Å². The summed E-state index contributed by atoms with van der Waals surface area (Å²) in [7, 11) is 0. The fourth-order valence-corrected chi connectivity index (χ4v) is 2.51. The third kappa shape index (κ3) is 2.46. The van der Waals surface area contributed by atoms with Gasteiger partial charge in [-0.3, -0.25) is 0 Å². The minimum Gasteiger partial charge on any atom is -0.355 e. The molecule has 9 heteroatoms. The molecule has 0 aromatic carbocycles. The molecule has 0 aliphatic carbocycles. The van der Waals surface area contributed by atoms with Crippen LogP contribution >= 0.6 is 0 Å². The topological polar surface area (TPSA) is 39.9 Å². The van der Waals surface area contributed by atoms with E-state index in [2.05, 4.69) is 4.98 Å². The van der Waals surface area contributed by atoms with Gasteiger partial charge in [-0.2, -0.15) is 31.6 Å². The molecule has 2 rings (SSSR count). The van der Waals surface area contributed by atoms with E-state index in [9.17, 15) is 26.3 Å². The van der Waals surface area contributed by atoms with Crippen LogP contribution in [0.15, 0.2) is 12.1 Å². The number of pyridine rings is 1. The van der Waals surface area contributed by atoms with Crippen molar-refractivity contribution < 1.29 is 26.3 Å². The van der Waals surface area contributed by atoms with Gasteiger partial charge in [0.15, 0.2) is 5.41 Å². The average molecular weight is 323 g/mol. The molecule has 0 amide bonds. The normalized spacial score (nSPS) is 18.4. The largest absolute Gasteiger partial charge is 0.404 e. The number of hydrogen-bond acceptors (Lipinski definition) is 3. The third-order valence-corrected chi connectivity index (χ3v) is 3.84. The van der Waals surface area contributed by atoms with Crippen molar-refractivity contribution in [1.82, 2.24) is 4.98 Å². The van der Waals surface area contributed by atoms with Gasteiger partial charge in [-0.25, -0.2) is 4.98 Å². The molecule has 120 valence electrons. The first-order valence-corrected chi connectivity index (χ1v) is 6.28. The summed E-state index contributed by atoms with van der Waals surface area (Å²) in [6.45, 7) is -0.158. The lowest BCUT2D eigenvalue weighted by Crippen LogP contribution is -2.51. The van der Waals surface area contributed by atoms with Gasteiger partial charge in [0.05, 0.1) is 0 Å². The maximum atomic E-state index is 13.0. The number of nitriles is 1. The standard InChI is InChI=1S/C13H11F6N3/c1-8-2-3-9(6-20)21-10(8)22-5-4-11(7-22,12(14,15)16)13(17,18)19/h2-3H,4-5,7H2,1H3. The quantitative estimate of drug-likeness (QED) is 0.742. The van der Waals surface area contributed by atoms with Gasteiger partial charge in [-0.15, -0.1) is 0 Å². The fourth-order valence-electron chi connectivity index (χ4n) is 2.51. The average Bonchev–Trinajstić information content (AvgIpc) is 2.84. The van der Waals surface area contributed by atoms with Gasteiger partial charge in [-0.1, -0.05) is 6.07 Å². The predicted octanol–water partition coefficient (Wildman–Crippen LogP) is 3.58. The van der Waals surface area contributed by atoms with Gasteiger partial charge in [0, 0.05) is 13.1 Å². The lowest BCUT2D eigenvalue weighted by Gasteiger charge is -2.33. The van der Waals surface area contributed by atoms with Crippen LogP contribution in [-0.2, 0) is 0 Å². The Hall–Kier alpha value is -1.98. The van der Waals surface area contributed by atoms with Crippen LogP contribution in [0.1, 0.15) is 17.7 Å². The third-order valence-electron chi connectivity index (χ3n) is 3.84. The molecule has 0 N–H and O–H groups in total. The van der Waals surface area contributed by atoms with Gasteiger partial charge >= 0.3 is 12.4 Å². The van der Waals surface area contributed by atoms with Gasteiger partial charge in [-0.05, 0) is 25.0 Å². The molecule has 0 unspecified atom stereocenters. The Balaban J connectivity index is 2.42. The van der Waals surface area contributed by atoms with E-state index in [1.165, 1.54) is 19.1 Å². The molecule has 0 radical (unpaired) electrons. The minimum absolute atomic E-state index is 0.0191. The Morgan fingerprint density at radius 1 is 1.18 bits per heavy atom. The molecule has 2 heterocycles.